The Bertz CT molecular complexity index is 1470. The minimum atomic E-state index is -0.594. The molecule has 1 aliphatic heterocycles. The summed E-state index contributed by atoms with van der Waals surface area (Å²) >= 11 is 5.83. The van der Waals surface area contributed by atoms with Crippen molar-refractivity contribution in [1.29, 1.82) is 0 Å². The number of Topliss-reactive ketones (excluding diaryl/α,β-unsaturated/α-hetero) is 1. The lowest BCUT2D eigenvalue weighted by Gasteiger charge is -2.27. The van der Waals surface area contributed by atoms with Gasteiger partial charge >= 0.3 is 0 Å². The van der Waals surface area contributed by atoms with E-state index in [1.165, 1.54) is 18.2 Å². The molecule has 0 radical (unpaired) electrons. The average molecular weight is 607 g/mol. The van der Waals surface area contributed by atoms with Gasteiger partial charge in [-0.3, -0.25) is 14.5 Å². The van der Waals surface area contributed by atoms with Crippen LogP contribution in [0.3, 0.4) is 0 Å². The molecule has 0 aromatic heterocycles. The Balaban J connectivity index is 1.30. The van der Waals surface area contributed by atoms with Gasteiger partial charge in [-0.05, 0) is 91.1 Å². The molecule has 1 unspecified atom stereocenters. The van der Waals surface area contributed by atoms with Crippen molar-refractivity contribution in [2.45, 2.75) is 25.8 Å². The summed E-state index contributed by atoms with van der Waals surface area (Å²) < 4.78 is 39.6. The van der Waals surface area contributed by atoms with E-state index in [2.05, 4.69) is 10.2 Å². The first-order valence-electron chi connectivity index (χ1n) is 14.3. The summed E-state index contributed by atoms with van der Waals surface area (Å²) in [5.41, 5.74) is 2.79. The summed E-state index contributed by atoms with van der Waals surface area (Å²) in [5.74, 6) is -0.826. The van der Waals surface area contributed by atoms with Crippen LogP contribution in [0.1, 0.15) is 39.9 Å². The van der Waals surface area contributed by atoms with Crippen LogP contribution < -0.4 is 10.1 Å². The Hall–Kier alpha value is -3.85. The van der Waals surface area contributed by atoms with Crippen LogP contribution in [0.2, 0.25) is 5.02 Å². The summed E-state index contributed by atoms with van der Waals surface area (Å²) in [4.78, 5) is 29.0. The summed E-state index contributed by atoms with van der Waals surface area (Å²) in [6.45, 7) is 6.25. The number of aryl methyl sites for hydroxylation is 1. The van der Waals surface area contributed by atoms with Crippen molar-refractivity contribution in [2.75, 3.05) is 39.5 Å². The fraction of sp³-hybridized carbons (Fsp3) is 0.294. The lowest BCUT2D eigenvalue weighted by atomic mass is 9.83. The topological polar surface area (TPSA) is 67.9 Å². The first kappa shape index (κ1) is 30.6. The second-order valence-electron chi connectivity index (χ2n) is 10.8. The monoisotopic (exact) mass is 606 g/mol. The summed E-state index contributed by atoms with van der Waals surface area (Å²) in [5, 5.41) is 3.02. The standard InChI is InChI=1S/C34H33ClF2N2O4/c1-22-2-3-23(18-31(22)36)16-26-20-28(21-27(33(26)40)17-24-4-9-30(35)32(37)19-24)38-34(41)25-5-7-29(8-6-25)43-15-12-39-10-13-42-14-11-39/h2-9,16-19,28H,10-15,20-21H2,1H3,(H,38,41)/b26-16+,27-17+. The van der Waals surface area contributed by atoms with Gasteiger partial charge in [0.25, 0.3) is 5.91 Å². The zero-order chi connectivity index (χ0) is 30.3. The Kier molecular flexibility index (Phi) is 10.0. The Morgan fingerprint density at radius 3 is 2.23 bits per heavy atom. The van der Waals surface area contributed by atoms with E-state index in [0.29, 0.717) is 45.8 Å². The SMILES string of the molecule is Cc1ccc(/C=C2\CC(NC(=O)c3ccc(OCCN4CCOCC4)cc3)C/C(=C\c3ccc(Cl)c(F)c3)C2=O)cc1F. The lowest BCUT2D eigenvalue weighted by Crippen LogP contribution is -2.39. The van der Waals surface area contributed by atoms with Crippen molar-refractivity contribution in [3.63, 3.8) is 0 Å². The van der Waals surface area contributed by atoms with Crippen LogP contribution in [-0.2, 0) is 9.53 Å². The molecule has 0 bridgehead atoms. The Morgan fingerprint density at radius 2 is 1.60 bits per heavy atom. The lowest BCUT2D eigenvalue weighted by molar-refractivity contribution is -0.113. The van der Waals surface area contributed by atoms with Gasteiger partial charge in [0.05, 0.1) is 18.2 Å². The highest BCUT2D eigenvalue weighted by Crippen LogP contribution is 2.30. The number of ketones is 1. The van der Waals surface area contributed by atoms with Crippen LogP contribution in [0.15, 0.2) is 71.8 Å². The molecule has 0 spiro atoms. The van der Waals surface area contributed by atoms with Crippen LogP contribution in [-0.4, -0.2) is 62.1 Å². The van der Waals surface area contributed by atoms with E-state index in [1.54, 1.807) is 61.5 Å². The van der Waals surface area contributed by atoms with Gasteiger partial charge in [-0.15, -0.1) is 0 Å². The largest absolute Gasteiger partial charge is 0.492 e. The van der Waals surface area contributed by atoms with E-state index in [9.17, 15) is 18.4 Å². The number of halogens is 3. The highest BCUT2D eigenvalue weighted by Gasteiger charge is 2.29. The van der Waals surface area contributed by atoms with Crippen molar-refractivity contribution < 1.29 is 27.8 Å². The van der Waals surface area contributed by atoms with E-state index in [4.69, 9.17) is 21.1 Å². The third-order valence-electron chi connectivity index (χ3n) is 7.57. The fourth-order valence-corrected chi connectivity index (χ4v) is 5.26. The van der Waals surface area contributed by atoms with Gasteiger partial charge in [0.15, 0.2) is 5.78 Å². The molecule has 1 amide bonds. The number of rotatable bonds is 8. The second kappa shape index (κ2) is 14.1. The number of nitrogens with one attached hydrogen (secondary N) is 1. The fourth-order valence-electron chi connectivity index (χ4n) is 5.14. The van der Waals surface area contributed by atoms with Crippen LogP contribution in [0.25, 0.3) is 12.2 Å². The average Bonchev–Trinajstić information content (AvgIpc) is 3.00. The Labute approximate surface area is 254 Å². The van der Waals surface area contributed by atoms with Gasteiger partial charge in [0.2, 0.25) is 0 Å². The zero-order valence-electron chi connectivity index (χ0n) is 23.9. The molecule has 9 heteroatoms. The van der Waals surface area contributed by atoms with Crippen molar-refractivity contribution in [1.82, 2.24) is 10.2 Å². The van der Waals surface area contributed by atoms with Gasteiger partial charge in [0, 0.05) is 42.4 Å². The molecular formula is C34H33ClF2N2O4. The van der Waals surface area contributed by atoms with Crippen LogP contribution >= 0.6 is 11.6 Å². The molecule has 1 atom stereocenters. The highest BCUT2D eigenvalue weighted by molar-refractivity contribution is 6.30. The van der Waals surface area contributed by atoms with E-state index in [0.717, 1.165) is 32.8 Å². The van der Waals surface area contributed by atoms with Crippen molar-refractivity contribution in [3.8, 4) is 5.75 Å². The minimum Gasteiger partial charge on any atom is -0.492 e. The number of carbonyl (C=O) groups excluding carboxylic acids is 2. The Morgan fingerprint density at radius 1 is 0.977 bits per heavy atom. The van der Waals surface area contributed by atoms with Crippen molar-refractivity contribution in [2.24, 2.45) is 0 Å². The molecule has 224 valence electrons. The first-order valence-corrected chi connectivity index (χ1v) is 14.6. The maximum absolute atomic E-state index is 14.2. The third kappa shape index (κ3) is 8.16. The van der Waals surface area contributed by atoms with Gasteiger partial charge < -0.3 is 14.8 Å². The number of carbonyl (C=O) groups is 2. The minimum absolute atomic E-state index is 0.0160. The molecule has 5 rings (SSSR count). The number of hydrogen-bond donors (Lipinski definition) is 1. The number of benzene rings is 3. The van der Waals surface area contributed by atoms with Gasteiger partial charge in [-0.1, -0.05) is 29.8 Å². The summed E-state index contributed by atoms with van der Waals surface area (Å²) in [7, 11) is 0. The molecule has 2 aliphatic rings. The highest BCUT2D eigenvalue weighted by atomic mass is 35.5. The van der Waals surface area contributed by atoms with Crippen LogP contribution in [0, 0.1) is 18.6 Å². The van der Waals surface area contributed by atoms with E-state index in [1.807, 2.05) is 0 Å². The molecule has 1 aliphatic carbocycles. The van der Waals surface area contributed by atoms with Crippen molar-refractivity contribution in [3.05, 3.63) is 111 Å². The molecule has 43 heavy (non-hydrogen) atoms. The predicted molar refractivity (Wildman–Crippen MR) is 163 cm³/mol. The van der Waals surface area contributed by atoms with Crippen LogP contribution in [0.5, 0.6) is 5.75 Å². The van der Waals surface area contributed by atoms with E-state index in [-0.39, 0.29) is 35.4 Å². The van der Waals surface area contributed by atoms with Gasteiger partial charge in [0.1, 0.15) is 24.0 Å². The maximum atomic E-state index is 14.2. The molecule has 1 N–H and O–H groups in total. The van der Waals surface area contributed by atoms with Gasteiger partial charge in [-0.25, -0.2) is 8.78 Å². The van der Waals surface area contributed by atoms with E-state index < -0.39 is 11.9 Å². The number of nitrogens with zero attached hydrogens (tertiary/aromatic N) is 1. The summed E-state index contributed by atoms with van der Waals surface area (Å²) in [6, 6.07) is 15.6. The van der Waals surface area contributed by atoms with Gasteiger partial charge in [-0.2, -0.15) is 0 Å². The smallest absolute Gasteiger partial charge is 0.251 e. The van der Waals surface area contributed by atoms with E-state index >= 15 is 0 Å². The summed E-state index contributed by atoms with van der Waals surface area (Å²) in [6.07, 6.45) is 3.75. The van der Waals surface area contributed by atoms with Crippen molar-refractivity contribution >= 4 is 35.4 Å². The molecule has 3 aromatic rings. The molecule has 3 aromatic carbocycles. The number of ether oxygens (including phenoxy) is 2. The molecule has 6 nitrogen and oxygen atoms in total. The second-order valence-corrected chi connectivity index (χ2v) is 11.2. The predicted octanol–water partition coefficient (Wildman–Crippen LogP) is 6.27. The quantitative estimate of drug-likeness (QED) is 0.306. The molecule has 2 fully saturated rings. The molecule has 1 saturated heterocycles. The molecular weight excluding hydrogens is 574 g/mol. The molecule has 1 heterocycles. The maximum Gasteiger partial charge on any atom is 0.251 e. The third-order valence-corrected chi connectivity index (χ3v) is 7.88. The number of amides is 1. The first-order chi connectivity index (χ1) is 20.7. The molecule has 1 saturated carbocycles. The number of hydrogen-bond acceptors (Lipinski definition) is 5. The van der Waals surface area contributed by atoms with Crippen LogP contribution in [0.4, 0.5) is 8.78 Å². The zero-order valence-corrected chi connectivity index (χ0v) is 24.6. The normalized spacial score (nSPS) is 19.5. The number of morpholine rings is 1.